The van der Waals surface area contributed by atoms with Gasteiger partial charge in [0, 0.05) is 30.3 Å². The lowest BCUT2D eigenvalue weighted by Crippen LogP contribution is -2.25. The molecule has 0 radical (unpaired) electrons. The van der Waals surface area contributed by atoms with Crippen LogP contribution >= 0.6 is 12.4 Å². The number of benzene rings is 2. The summed E-state index contributed by atoms with van der Waals surface area (Å²) in [6.45, 7) is 14.5. The smallest absolute Gasteiger partial charge is 0.254 e. The number of Topliss-reactive ketones (excluding diaryl/α,β-unsaturated/α-hetero) is 1. The Balaban J connectivity index is 0.00000648. The molecule has 2 aromatic rings. The molecule has 0 aliphatic heterocycles. The minimum Gasteiger partial charge on any atom is -0.507 e. The fraction of sp³-hybridized carbons (Fsp3) is 0.464. The third kappa shape index (κ3) is 7.22. The first kappa shape index (κ1) is 31.0. The van der Waals surface area contributed by atoms with Crippen LogP contribution < -0.4 is 15.4 Å². The van der Waals surface area contributed by atoms with Crippen LogP contribution in [0.2, 0.25) is 0 Å². The minimum atomic E-state index is -0.337. The lowest BCUT2D eigenvalue weighted by Gasteiger charge is -2.28. The molecule has 2 aromatic carbocycles. The number of nitriles is 1. The quantitative estimate of drug-likeness (QED) is 0.426. The van der Waals surface area contributed by atoms with E-state index in [9.17, 15) is 20.0 Å². The van der Waals surface area contributed by atoms with Crippen molar-refractivity contribution in [2.45, 2.75) is 65.8 Å². The molecule has 2 rings (SSSR count). The first-order chi connectivity index (χ1) is 16.2. The topological polar surface area (TPSA) is 111 Å². The molecule has 1 amide bonds. The number of ether oxygens (including phenoxy) is 1. The van der Waals surface area contributed by atoms with Crippen molar-refractivity contribution in [3.63, 3.8) is 0 Å². The summed E-state index contributed by atoms with van der Waals surface area (Å²) in [6.07, 6.45) is 0. The second-order valence-corrected chi connectivity index (χ2v) is 10.6. The van der Waals surface area contributed by atoms with Crippen molar-refractivity contribution < 1.29 is 19.4 Å². The van der Waals surface area contributed by atoms with Crippen LogP contribution in [0.25, 0.3) is 0 Å². The van der Waals surface area contributed by atoms with Gasteiger partial charge >= 0.3 is 0 Å². The molecule has 0 saturated heterocycles. The number of hydrogen-bond donors (Lipinski definition) is 3. The SMILES string of the molecule is CCOc1cc(CNCC(=O)c2cc(C(C)(C)C)c(O)c(C(C)(C)C)c2)c(C#N)cc1C(=O)NC.Cl. The molecule has 3 N–H and O–H groups in total. The van der Waals surface area contributed by atoms with Gasteiger partial charge in [0.1, 0.15) is 11.5 Å². The largest absolute Gasteiger partial charge is 0.507 e. The van der Waals surface area contributed by atoms with E-state index in [4.69, 9.17) is 4.74 Å². The van der Waals surface area contributed by atoms with Crippen LogP contribution in [0.4, 0.5) is 0 Å². The summed E-state index contributed by atoms with van der Waals surface area (Å²) in [6, 6.07) is 8.82. The summed E-state index contributed by atoms with van der Waals surface area (Å²) in [4.78, 5) is 25.3. The Labute approximate surface area is 220 Å². The Kier molecular flexibility index (Phi) is 10.5. The number of ketones is 1. The number of hydrogen-bond acceptors (Lipinski definition) is 6. The van der Waals surface area contributed by atoms with Crippen molar-refractivity contribution >= 4 is 24.1 Å². The van der Waals surface area contributed by atoms with E-state index in [1.807, 2.05) is 48.5 Å². The van der Waals surface area contributed by atoms with Crippen molar-refractivity contribution in [1.29, 1.82) is 5.26 Å². The molecule has 8 heteroatoms. The van der Waals surface area contributed by atoms with E-state index < -0.39 is 0 Å². The standard InChI is InChI=1S/C28H37N3O4.ClH/c1-9-35-24-13-19(18(14-29)10-20(24)26(34)30-8)15-31-16-23(32)17-11-21(27(2,3)4)25(33)22(12-17)28(5,6)7;/h10-13,31,33H,9,15-16H2,1-8H3,(H,30,34);1H. The van der Waals surface area contributed by atoms with E-state index >= 15 is 0 Å². The molecule has 0 spiro atoms. The second kappa shape index (κ2) is 12.2. The van der Waals surface area contributed by atoms with Crippen molar-refractivity contribution in [1.82, 2.24) is 10.6 Å². The summed E-state index contributed by atoms with van der Waals surface area (Å²) in [5, 5.41) is 26.2. The summed E-state index contributed by atoms with van der Waals surface area (Å²) < 4.78 is 5.61. The molecule has 7 nitrogen and oxygen atoms in total. The number of nitrogens with one attached hydrogen (secondary N) is 2. The number of amides is 1. The van der Waals surface area contributed by atoms with E-state index in [0.29, 0.717) is 34.6 Å². The zero-order valence-corrected chi connectivity index (χ0v) is 23.3. The highest BCUT2D eigenvalue weighted by Crippen LogP contribution is 2.39. The molecule has 36 heavy (non-hydrogen) atoms. The maximum absolute atomic E-state index is 13.1. The number of aromatic hydroxyl groups is 1. The third-order valence-corrected chi connectivity index (χ3v) is 5.75. The van der Waals surface area contributed by atoms with Gasteiger partial charge in [-0.05, 0) is 47.6 Å². The first-order valence-electron chi connectivity index (χ1n) is 11.8. The van der Waals surface area contributed by atoms with E-state index in [-0.39, 0.29) is 53.8 Å². The summed E-state index contributed by atoms with van der Waals surface area (Å²) >= 11 is 0. The van der Waals surface area contributed by atoms with E-state index in [1.165, 1.54) is 13.1 Å². The van der Waals surface area contributed by atoms with Crippen LogP contribution in [0, 0.1) is 11.3 Å². The summed E-state index contributed by atoms with van der Waals surface area (Å²) in [7, 11) is 1.52. The molecule has 0 aliphatic rings. The highest BCUT2D eigenvalue weighted by atomic mass is 35.5. The zero-order chi connectivity index (χ0) is 26.6. The maximum Gasteiger partial charge on any atom is 0.254 e. The average Bonchev–Trinajstić information content (AvgIpc) is 2.77. The van der Waals surface area contributed by atoms with Crippen LogP contribution in [0.3, 0.4) is 0 Å². The van der Waals surface area contributed by atoms with Crippen LogP contribution in [-0.2, 0) is 17.4 Å². The Morgan fingerprint density at radius 2 is 1.58 bits per heavy atom. The van der Waals surface area contributed by atoms with Gasteiger partial charge in [0.25, 0.3) is 5.91 Å². The highest BCUT2D eigenvalue weighted by molar-refractivity contribution is 5.98. The number of carbonyl (C=O) groups excluding carboxylic acids is 2. The van der Waals surface area contributed by atoms with Gasteiger partial charge in [-0.25, -0.2) is 0 Å². The van der Waals surface area contributed by atoms with Gasteiger partial charge in [-0.15, -0.1) is 12.4 Å². The fourth-order valence-corrected chi connectivity index (χ4v) is 3.81. The first-order valence-corrected chi connectivity index (χ1v) is 11.8. The molecular formula is C28H38ClN3O4. The van der Waals surface area contributed by atoms with Crippen molar-refractivity contribution in [3.8, 4) is 17.6 Å². The molecular weight excluding hydrogens is 478 g/mol. The van der Waals surface area contributed by atoms with E-state index in [0.717, 1.165) is 11.1 Å². The van der Waals surface area contributed by atoms with Gasteiger partial charge in [0.05, 0.1) is 30.3 Å². The number of phenols is 1. The highest BCUT2D eigenvalue weighted by Gasteiger charge is 2.27. The number of carbonyl (C=O) groups is 2. The predicted molar refractivity (Wildman–Crippen MR) is 145 cm³/mol. The number of phenolic OH excluding ortho intramolecular Hbond substituents is 1. The van der Waals surface area contributed by atoms with Gasteiger partial charge in [-0.1, -0.05) is 41.5 Å². The molecule has 0 unspecified atom stereocenters. The maximum atomic E-state index is 13.1. The van der Waals surface area contributed by atoms with Gasteiger partial charge < -0.3 is 20.5 Å². The Morgan fingerprint density at radius 1 is 1.03 bits per heavy atom. The Morgan fingerprint density at radius 3 is 2.03 bits per heavy atom. The summed E-state index contributed by atoms with van der Waals surface area (Å²) in [5.41, 5.74) is 2.57. The lowest BCUT2D eigenvalue weighted by atomic mass is 9.78. The average molecular weight is 516 g/mol. The van der Waals surface area contributed by atoms with Crippen molar-refractivity contribution in [3.05, 3.63) is 57.6 Å². The van der Waals surface area contributed by atoms with Crippen LogP contribution in [0.5, 0.6) is 11.5 Å². The Bertz CT molecular complexity index is 1120. The Hall–Kier alpha value is -3.08. The molecule has 0 bridgehead atoms. The lowest BCUT2D eigenvalue weighted by molar-refractivity contribution is 0.0957. The van der Waals surface area contributed by atoms with E-state index in [1.54, 1.807) is 18.2 Å². The van der Waals surface area contributed by atoms with Gasteiger partial charge in [-0.3, -0.25) is 9.59 Å². The second-order valence-electron chi connectivity index (χ2n) is 10.6. The van der Waals surface area contributed by atoms with Gasteiger partial charge in [0.15, 0.2) is 5.78 Å². The van der Waals surface area contributed by atoms with Crippen molar-refractivity contribution in [2.24, 2.45) is 0 Å². The third-order valence-electron chi connectivity index (χ3n) is 5.75. The molecule has 0 heterocycles. The summed E-state index contributed by atoms with van der Waals surface area (Å²) in [5.74, 6) is 0.160. The fourth-order valence-electron chi connectivity index (χ4n) is 3.81. The molecule has 0 atom stereocenters. The number of rotatable bonds is 8. The number of halogens is 1. The van der Waals surface area contributed by atoms with Crippen molar-refractivity contribution in [2.75, 3.05) is 20.2 Å². The predicted octanol–water partition coefficient (Wildman–Crippen LogP) is 5.01. The molecule has 0 aromatic heterocycles. The van der Waals surface area contributed by atoms with Gasteiger partial charge in [0.2, 0.25) is 0 Å². The minimum absolute atomic E-state index is 0. The monoisotopic (exact) mass is 515 g/mol. The normalized spacial score (nSPS) is 11.3. The molecule has 0 aliphatic carbocycles. The molecule has 196 valence electrons. The molecule has 0 fully saturated rings. The van der Waals surface area contributed by atoms with E-state index in [2.05, 4.69) is 16.7 Å². The van der Waals surface area contributed by atoms with Gasteiger partial charge in [-0.2, -0.15) is 5.26 Å². The zero-order valence-electron chi connectivity index (χ0n) is 22.5. The number of nitrogens with zero attached hydrogens (tertiary/aromatic N) is 1. The van der Waals surface area contributed by atoms with Crippen LogP contribution in [0.15, 0.2) is 24.3 Å². The molecule has 0 saturated carbocycles. The van der Waals surface area contributed by atoms with Crippen LogP contribution in [0.1, 0.15) is 91.4 Å². The van der Waals surface area contributed by atoms with Crippen LogP contribution in [-0.4, -0.2) is 37.0 Å².